The molecule has 1 aromatic rings. The predicted molar refractivity (Wildman–Crippen MR) is 85.4 cm³/mol. The Morgan fingerprint density at radius 2 is 1.80 bits per heavy atom. The fourth-order valence-electron chi connectivity index (χ4n) is 2.58. The van der Waals surface area contributed by atoms with Gasteiger partial charge in [0.25, 0.3) is 0 Å². The summed E-state index contributed by atoms with van der Waals surface area (Å²) in [6.07, 6.45) is 4.91. The first-order chi connectivity index (χ1) is 9.16. The minimum Gasteiger partial charge on any atom is -0.367 e. The maximum Gasteiger partial charge on any atom is 0.137 e. The Hall–Kier alpha value is -0.830. The summed E-state index contributed by atoms with van der Waals surface area (Å²) in [6.45, 7) is 11.0. The van der Waals surface area contributed by atoms with Crippen molar-refractivity contribution < 1.29 is 0 Å². The summed E-state index contributed by atoms with van der Waals surface area (Å²) >= 11 is 6.13. The molecule has 4 heteroatoms. The van der Waals surface area contributed by atoms with E-state index in [9.17, 15) is 0 Å². The average Bonchev–Trinajstić information content (AvgIpc) is 2.30. The van der Waals surface area contributed by atoms with Crippen molar-refractivity contribution in [3.63, 3.8) is 0 Å². The summed E-state index contributed by atoms with van der Waals surface area (Å²) in [5.74, 6) is 1.66. The molecule has 1 aromatic heterocycles. The summed E-state index contributed by atoms with van der Waals surface area (Å²) in [5.41, 5.74) is 0.397. The minimum atomic E-state index is -0.0874. The monoisotopic (exact) mass is 295 g/mol. The van der Waals surface area contributed by atoms with Gasteiger partial charge in [0.05, 0.1) is 0 Å². The summed E-state index contributed by atoms with van der Waals surface area (Å²) in [4.78, 5) is 8.96. The van der Waals surface area contributed by atoms with Gasteiger partial charge in [0.15, 0.2) is 0 Å². The third kappa shape index (κ3) is 4.08. The van der Waals surface area contributed by atoms with Crippen molar-refractivity contribution >= 4 is 17.4 Å². The third-order valence-corrected chi connectivity index (χ3v) is 4.25. The van der Waals surface area contributed by atoms with Crippen LogP contribution in [0.5, 0.6) is 0 Å². The number of rotatable bonds is 2. The van der Waals surface area contributed by atoms with E-state index in [4.69, 9.17) is 11.6 Å². The molecule has 0 spiro atoms. The number of nitrogens with one attached hydrogen (secondary N) is 1. The average molecular weight is 296 g/mol. The van der Waals surface area contributed by atoms with Crippen LogP contribution >= 0.6 is 11.6 Å². The minimum absolute atomic E-state index is 0.0874. The van der Waals surface area contributed by atoms with E-state index in [2.05, 4.69) is 49.9 Å². The van der Waals surface area contributed by atoms with Gasteiger partial charge in [0, 0.05) is 17.5 Å². The van der Waals surface area contributed by atoms with Crippen LogP contribution in [0.3, 0.4) is 0 Å². The van der Waals surface area contributed by atoms with Gasteiger partial charge in [0.1, 0.15) is 16.8 Å². The van der Waals surface area contributed by atoms with E-state index in [0.717, 1.165) is 11.6 Å². The number of hydrogen-bond donors (Lipinski definition) is 1. The maximum atomic E-state index is 6.13. The topological polar surface area (TPSA) is 37.8 Å². The maximum absolute atomic E-state index is 6.13. The molecule has 0 unspecified atom stereocenters. The highest BCUT2D eigenvalue weighted by Gasteiger charge is 2.27. The van der Waals surface area contributed by atoms with Crippen LogP contribution < -0.4 is 5.32 Å². The molecular formula is C16H26ClN3. The van der Waals surface area contributed by atoms with E-state index >= 15 is 0 Å². The molecule has 0 aromatic carbocycles. The molecule has 112 valence electrons. The Balaban J connectivity index is 2.09. The highest BCUT2D eigenvalue weighted by molar-refractivity contribution is 6.29. The largest absolute Gasteiger partial charge is 0.367 e. The molecule has 0 bridgehead atoms. The van der Waals surface area contributed by atoms with Crippen molar-refractivity contribution in [3.8, 4) is 0 Å². The number of nitrogens with zero attached hydrogens (tertiary/aromatic N) is 2. The standard InChI is InChI=1S/C16H26ClN3/c1-15(2,3)14-19-12(17)10-13(20-14)18-11-6-8-16(4,5)9-7-11/h10-11H,6-9H2,1-5H3,(H,18,19,20). The highest BCUT2D eigenvalue weighted by atomic mass is 35.5. The van der Waals surface area contributed by atoms with Gasteiger partial charge in [-0.3, -0.25) is 0 Å². The zero-order valence-corrected chi connectivity index (χ0v) is 14.0. The van der Waals surface area contributed by atoms with Gasteiger partial charge in [-0.05, 0) is 31.1 Å². The van der Waals surface area contributed by atoms with Crippen LogP contribution in [-0.4, -0.2) is 16.0 Å². The Morgan fingerprint density at radius 1 is 1.20 bits per heavy atom. The van der Waals surface area contributed by atoms with Gasteiger partial charge < -0.3 is 5.32 Å². The van der Waals surface area contributed by atoms with Crippen LogP contribution in [-0.2, 0) is 5.41 Å². The normalized spacial score (nSPS) is 19.9. The smallest absolute Gasteiger partial charge is 0.137 e. The fourth-order valence-corrected chi connectivity index (χ4v) is 2.76. The molecular weight excluding hydrogens is 270 g/mol. The molecule has 3 nitrogen and oxygen atoms in total. The lowest BCUT2D eigenvalue weighted by atomic mass is 9.75. The van der Waals surface area contributed by atoms with Crippen LogP contribution in [0.15, 0.2) is 6.07 Å². The molecule has 1 aliphatic carbocycles. The quantitative estimate of drug-likeness (QED) is 0.796. The van der Waals surface area contributed by atoms with Gasteiger partial charge in [0.2, 0.25) is 0 Å². The zero-order chi connectivity index (χ0) is 15.0. The van der Waals surface area contributed by atoms with Crippen molar-refractivity contribution in [2.24, 2.45) is 5.41 Å². The molecule has 0 atom stereocenters. The number of hydrogen-bond acceptors (Lipinski definition) is 3. The van der Waals surface area contributed by atoms with E-state index in [0.29, 0.717) is 16.6 Å². The molecule has 1 N–H and O–H groups in total. The molecule has 2 rings (SSSR count). The van der Waals surface area contributed by atoms with Crippen molar-refractivity contribution in [2.75, 3.05) is 5.32 Å². The van der Waals surface area contributed by atoms with Gasteiger partial charge in [-0.1, -0.05) is 46.2 Å². The summed E-state index contributed by atoms with van der Waals surface area (Å²) in [6, 6.07) is 2.33. The first-order valence-corrected chi connectivity index (χ1v) is 7.85. The van der Waals surface area contributed by atoms with Gasteiger partial charge >= 0.3 is 0 Å². The van der Waals surface area contributed by atoms with Crippen LogP contribution in [0.25, 0.3) is 0 Å². The lowest BCUT2D eigenvalue weighted by Gasteiger charge is -2.35. The molecule has 0 saturated heterocycles. The number of halogens is 1. The highest BCUT2D eigenvalue weighted by Crippen LogP contribution is 2.36. The molecule has 1 fully saturated rings. The van der Waals surface area contributed by atoms with Gasteiger partial charge in [-0.2, -0.15) is 0 Å². The van der Waals surface area contributed by atoms with E-state index in [1.54, 1.807) is 0 Å². The first-order valence-electron chi connectivity index (χ1n) is 7.47. The molecule has 1 saturated carbocycles. The number of aromatic nitrogens is 2. The molecule has 0 aliphatic heterocycles. The lowest BCUT2D eigenvalue weighted by Crippen LogP contribution is -2.30. The van der Waals surface area contributed by atoms with Gasteiger partial charge in [-0.15, -0.1) is 0 Å². The van der Waals surface area contributed by atoms with Crippen molar-refractivity contribution in [1.29, 1.82) is 0 Å². The van der Waals surface area contributed by atoms with Crippen LogP contribution in [0, 0.1) is 5.41 Å². The third-order valence-electron chi connectivity index (χ3n) is 4.06. The fraction of sp³-hybridized carbons (Fsp3) is 0.750. The first kappa shape index (κ1) is 15.6. The Bertz CT molecular complexity index is 467. The van der Waals surface area contributed by atoms with Crippen LogP contribution in [0.1, 0.15) is 66.1 Å². The second-order valence-electron chi connectivity index (χ2n) is 7.73. The molecule has 0 amide bonds. The molecule has 1 aliphatic rings. The van der Waals surface area contributed by atoms with Crippen LogP contribution in [0.2, 0.25) is 5.15 Å². The Kier molecular flexibility index (Phi) is 4.29. The SMILES string of the molecule is CC1(C)CCC(Nc2cc(Cl)nc(C(C)(C)C)n2)CC1. The second kappa shape index (κ2) is 5.51. The van der Waals surface area contributed by atoms with Crippen molar-refractivity contribution in [3.05, 3.63) is 17.0 Å². The molecule has 0 radical (unpaired) electrons. The van der Waals surface area contributed by atoms with E-state index in [1.165, 1.54) is 25.7 Å². The molecule has 1 heterocycles. The molecule has 20 heavy (non-hydrogen) atoms. The zero-order valence-electron chi connectivity index (χ0n) is 13.3. The Morgan fingerprint density at radius 3 is 2.35 bits per heavy atom. The van der Waals surface area contributed by atoms with Crippen molar-refractivity contribution in [2.45, 2.75) is 71.8 Å². The number of anilines is 1. The lowest BCUT2D eigenvalue weighted by molar-refractivity contribution is 0.232. The van der Waals surface area contributed by atoms with Crippen LogP contribution in [0.4, 0.5) is 5.82 Å². The van der Waals surface area contributed by atoms with E-state index in [1.807, 2.05) is 6.07 Å². The summed E-state index contributed by atoms with van der Waals surface area (Å²) in [5, 5.41) is 4.05. The second-order valence-corrected chi connectivity index (χ2v) is 8.12. The Labute approximate surface area is 127 Å². The van der Waals surface area contributed by atoms with E-state index < -0.39 is 0 Å². The van der Waals surface area contributed by atoms with E-state index in [-0.39, 0.29) is 5.41 Å². The van der Waals surface area contributed by atoms with Gasteiger partial charge in [-0.25, -0.2) is 9.97 Å². The summed E-state index contributed by atoms with van der Waals surface area (Å²) in [7, 11) is 0. The predicted octanol–water partition coefficient (Wildman–Crippen LogP) is 4.81. The van der Waals surface area contributed by atoms with Crippen molar-refractivity contribution in [1.82, 2.24) is 9.97 Å². The summed E-state index contributed by atoms with van der Waals surface area (Å²) < 4.78 is 0.